The molecule has 1 aliphatic rings. The van der Waals surface area contributed by atoms with Gasteiger partial charge in [-0.05, 0) is 6.07 Å². The average molecular weight is 261 g/mol. The van der Waals surface area contributed by atoms with Crippen LogP contribution in [0, 0.1) is 0 Å². The van der Waals surface area contributed by atoms with Crippen molar-refractivity contribution in [1.82, 2.24) is 4.90 Å². The number of fused-ring (bicyclic) bond motifs is 1. The van der Waals surface area contributed by atoms with E-state index < -0.39 is 12.1 Å². The number of carboxylic acids is 1. The highest BCUT2D eigenvalue weighted by molar-refractivity contribution is 6.08. The smallest absolute Gasteiger partial charge is 0.306 e. The van der Waals surface area contributed by atoms with Crippen LogP contribution in [0.5, 0.6) is 0 Å². The number of ether oxygens (including phenoxy) is 1. The van der Waals surface area contributed by atoms with Gasteiger partial charge < -0.3 is 14.7 Å². The van der Waals surface area contributed by atoms with Crippen molar-refractivity contribution in [3.8, 4) is 0 Å². The quantitative estimate of drug-likeness (QED) is 0.874. The Kier molecular flexibility index (Phi) is 3.66. The molecule has 5 nitrogen and oxygen atoms in total. The highest BCUT2D eigenvalue weighted by atomic mass is 16.5. The maximum atomic E-state index is 12.2. The molecule has 0 fully saturated rings. The largest absolute Gasteiger partial charge is 0.481 e. The van der Waals surface area contributed by atoms with E-state index in [0.29, 0.717) is 11.3 Å². The summed E-state index contributed by atoms with van der Waals surface area (Å²) >= 11 is 0. The summed E-state index contributed by atoms with van der Waals surface area (Å²) in [6.45, 7) is 4.09. The van der Waals surface area contributed by atoms with Gasteiger partial charge in [-0.2, -0.15) is 0 Å². The molecule has 0 aliphatic carbocycles. The van der Waals surface area contributed by atoms with E-state index >= 15 is 0 Å². The molecule has 2 rings (SSSR count). The molecule has 1 atom stereocenters. The van der Waals surface area contributed by atoms with Gasteiger partial charge in [-0.25, -0.2) is 0 Å². The van der Waals surface area contributed by atoms with Crippen LogP contribution in [0.3, 0.4) is 0 Å². The summed E-state index contributed by atoms with van der Waals surface area (Å²) in [7, 11) is 1.43. The lowest BCUT2D eigenvalue weighted by molar-refractivity contribution is -0.139. The average Bonchev–Trinajstić information content (AvgIpc) is 2.63. The maximum absolute atomic E-state index is 12.2. The van der Waals surface area contributed by atoms with Gasteiger partial charge in [0.1, 0.15) is 0 Å². The lowest BCUT2D eigenvalue weighted by atomic mass is 10.1. The monoisotopic (exact) mass is 261 g/mol. The topological polar surface area (TPSA) is 66.8 Å². The summed E-state index contributed by atoms with van der Waals surface area (Å²) in [5.74, 6) is -1.12. The fraction of sp³-hybridized carbons (Fsp3) is 0.286. The number of nitrogens with zero attached hydrogens (tertiary/aromatic N) is 1. The van der Waals surface area contributed by atoms with Crippen LogP contribution in [0.2, 0.25) is 0 Å². The third-order valence-electron chi connectivity index (χ3n) is 3.16. The molecule has 0 aromatic heterocycles. The summed E-state index contributed by atoms with van der Waals surface area (Å²) in [5, 5.41) is 8.79. The lowest BCUT2D eigenvalue weighted by Gasteiger charge is -2.22. The molecule has 100 valence electrons. The SMILES string of the molecule is C=C1c2ccccc2C(=O)N1CC(CC(=O)O)OC. The summed E-state index contributed by atoms with van der Waals surface area (Å²) in [5.41, 5.74) is 1.98. The number of carbonyl (C=O) groups is 2. The molecule has 1 amide bonds. The van der Waals surface area contributed by atoms with Gasteiger partial charge in [0.15, 0.2) is 0 Å². The second kappa shape index (κ2) is 5.24. The van der Waals surface area contributed by atoms with E-state index in [-0.39, 0.29) is 18.9 Å². The van der Waals surface area contributed by atoms with Crippen LogP contribution >= 0.6 is 0 Å². The van der Waals surface area contributed by atoms with E-state index in [4.69, 9.17) is 9.84 Å². The first-order chi connectivity index (χ1) is 9.04. The van der Waals surface area contributed by atoms with Crippen LogP contribution in [0.1, 0.15) is 22.3 Å². The minimum absolute atomic E-state index is 0.149. The van der Waals surface area contributed by atoms with Gasteiger partial charge in [-0.15, -0.1) is 0 Å². The second-order valence-electron chi connectivity index (χ2n) is 4.36. The van der Waals surface area contributed by atoms with Gasteiger partial charge in [0.05, 0.1) is 19.1 Å². The van der Waals surface area contributed by atoms with E-state index in [0.717, 1.165) is 5.56 Å². The first-order valence-electron chi connectivity index (χ1n) is 5.89. The molecule has 0 bridgehead atoms. The zero-order chi connectivity index (χ0) is 14.0. The number of hydrogen-bond donors (Lipinski definition) is 1. The molecule has 5 heteroatoms. The first kappa shape index (κ1) is 13.3. The number of benzene rings is 1. The van der Waals surface area contributed by atoms with Gasteiger partial charge in [0.25, 0.3) is 5.91 Å². The summed E-state index contributed by atoms with van der Waals surface area (Å²) in [4.78, 5) is 24.4. The first-order valence-corrected chi connectivity index (χ1v) is 5.89. The van der Waals surface area contributed by atoms with Crippen LogP contribution in [-0.2, 0) is 9.53 Å². The third-order valence-corrected chi connectivity index (χ3v) is 3.16. The van der Waals surface area contributed by atoms with Gasteiger partial charge in [0, 0.05) is 23.9 Å². The van der Waals surface area contributed by atoms with Gasteiger partial charge in [-0.3, -0.25) is 9.59 Å². The predicted molar refractivity (Wildman–Crippen MR) is 69.6 cm³/mol. The van der Waals surface area contributed by atoms with Crippen molar-refractivity contribution in [3.63, 3.8) is 0 Å². The number of rotatable bonds is 5. The lowest BCUT2D eigenvalue weighted by Crippen LogP contribution is -2.34. The fourth-order valence-corrected chi connectivity index (χ4v) is 2.15. The minimum Gasteiger partial charge on any atom is -0.481 e. The number of carbonyl (C=O) groups excluding carboxylic acids is 1. The van der Waals surface area contributed by atoms with Crippen molar-refractivity contribution in [2.75, 3.05) is 13.7 Å². The number of amides is 1. The third kappa shape index (κ3) is 2.51. The molecule has 1 aliphatic heterocycles. The van der Waals surface area contributed by atoms with Crippen LogP contribution in [0.4, 0.5) is 0 Å². The summed E-state index contributed by atoms with van der Waals surface area (Å²) < 4.78 is 5.10. The van der Waals surface area contributed by atoms with E-state index in [2.05, 4.69) is 6.58 Å². The molecule has 1 heterocycles. The van der Waals surface area contributed by atoms with Crippen LogP contribution in [0.15, 0.2) is 30.8 Å². The molecule has 0 spiro atoms. The Morgan fingerprint density at radius 2 is 2.05 bits per heavy atom. The van der Waals surface area contributed by atoms with Crippen molar-refractivity contribution >= 4 is 17.6 Å². The van der Waals surface area contributed by atoms with Gasteiger partial charge >= 0.3 is 5.97 Å². The zero-order valence-corrected chi connectivity index (χ0v) is 10.6. The summed E-state index contributed by atoms with van der Waals surface area (Å²) in [6, 6.07) is 7.20. The molecule has 1 N–H and O–H groups in total. The van der Waals surface area contributed by atoms with Crippen LogP contribution < -0.4 is 0 Å². The predicted octanol–water partition coefficient (Wildman–Crippen LogP) is 1.60. The summed E-state index contributed by atoms with van der Waals surface area (Å²) in [6.07, 6.45) is -0.698. The molecular formula is C14H15NO4. The highest BCUT2D eigenvalue weighted by Gasteiger charge is 2.32. The maximum Gasteiger partial charge on any atom is 0.306 e. The minimum atomic E-state index is -0.957. The van der Waals surface area contributed by atoms with Gasteiger partial charge in [0.2, 0.25) is 0 Å². The Morgan fingerprint density at radius 1 is 1.42 bits per heavy atom. The van der Waals surface area contributed by atoms with E-state index in [9.17, 15) is 9.59 Å². The Balaban J connectivity index is 2.17. The van der Waals surface area contributed by atoms with E-state index in [1.165, 1.54) is 12.0 Å². The molecule has 0 saturated carbocycles. The van der Waals surface area contributed by atoms with E-state index in [1.54, 1.807) is 12.1 Å². The molecule has 19 heavy (non-hydrogen) atoms. The van der Waals surface area contributed by atoms with Crippen LogP contribution in [0.25, 0.3) is 5.70 Å². The standard InChI is InChI=1S/C14H15NO4/c1-9-11-5-3-4-6-12(11)14(18)15(9)8-10(19-2)7-13(16)17/h3-6,10H,1,7-8H2,2H3,(H,16,17). The fourth-order valence-electron chi connectivity index (χ4n) is 2.15. The van der Waals surface area contributed by atoms with Crippen molar-refractivity contribution in [2.24, 2.45) is 0 Å². The zero-order valence-electron chi connectivity index (χ0n) is 10.6. The number of methoxy groups -OCH3 is 1. The Hall–Kier alpha value is -2.14. The molecular weight excluding hydrogens is 246 g/mol. The molecule has 1 unspecified atom stereocenters. The van der Waals surface area contributed by atoms with Crippen molar-refractivity contribution in [2.45, 2.75) is 12.5 Å². The molecule has 1 aromatic carbocycles. The highest BCUT2D eigenvalue weighted by Crippen LogP contribution is 2.31. The molecule has 1 aromatic rings. The number of carboxylic acid groups (broad SMARTS) is 1. The second-order valence-corrected chi connectivity index (χ2v) is 4.36. The molecule has 0 saturated heterocycles. The molecule has 0 radical (unpaired) electrons. The van der Waals surface area contributed by atoms with E-state index in [1.807, 2.05) is 12.1 Å². The van der Waals surface area contributed by atoms with Crippen molar-refractivity contribution in [3.05, 3.63) is 42.0 Å². The normalized spacial score (nSPS) is 15.5. The number of hydrogen-bond acceptors (Lipinski definition) is 3. The van der Waals surface area contributed by atoms with Gasteiger partial charge in [-0.1, -0.05) is 24.8 Å². The van der Waals surface area contributed by atoms with Crippen molar-refractivity contribution < 1.29 is 19.4 Å². The van der Waals surface area contributed by atoms with Crippen molar-refractivity contribution in [1.29, 1.82) is 0 Å². The Labute approximate surface area is 111 Å². The Morgan fingerprint density at radius 3 is 2.58 bits per heavy atom. The Bertz CT molecular complexity index is 503. The van der Waals surface area contributed by atoms with Crippen LogP contribution in [-0.4, -0.2) is 41.6 Å². The number of aliphatic carboxylic acids is 1.